The molecule has 2 amide bonds. The van der Waals surface area contributed by atoms with E-state index in [2.05, 4.69) is 15.9 Å². The third-order valence-electron chi connectivity index (χ3n) is 5.15. The van der Waals surface area contributed by atoms with Crippen molar-refractivity contribution < 1.29 is 28.8 Å². The van der Waals surface area contributed by atoms with Gasteiger partial charge in [-0.05, 0) is 65.9 Å². The minimum atomic E-state index is -0.596. The molecule has 0 spiro atoms. The van der Waals surface area contributed by atoms with Crippen LogP contribution in [-0.2, 0) is 11.3 Å². The maximum absolute atomic E-state index is 13.0. The fourth-order valence-electron chi connectivity index (χ4n) is 3.29. The Balaban J connectivity index is 1.55. The van der Waals surface area contributed by atoms with Gasteiger partial charge in [0.2, 0.25) is 0 Å². The molecular weight excluding hydrogens is 552 g/mol. The van der Waals surface area contributed by atoms with Crippen LogP contribution in [0.15, 0.2) is 76.1 Å². The lowest BCUT2D eigenvalue weighted by atomic mass is 10.1. The molecule has 1 saturated heterocycles. The smallest absolute Gasteiger partial charge is 0.343 e. The normalized spacial score (nSPS) is 14.3. The third-order valence-corrected chi connectivity index (χ3v) is 6.55. The number of esters is 1. The molecular formula is C25H17BrN2O7S. The fraction of sp³-hybridized carbons (Fsp3) is 0.0800. The second-order valence-electron chi connectivity index (χ2n) is 7.49. The first-order valence-corrected chi connectivity index (χ1v) is 12.0. The Morgan fingerprint density at radius 1 is 1.08 bits per heavy atom. The van der Waals surface area contributed by atoms with Crippen molar-refractivity contribution in [1.29, 1.82) is 0 Å². The summed E-state index contributed by atoms with van der Waals surface area (Å²) in [5.41, 5.74) is 1.22. The fourth-order valence-corrected chi connectivity index (χ4v) is 4.50. The highest BCUT2D eigenvalue weighted by Crippen LogP contribution is 2.36. The number of methoxy groups -OCH3 is 1. The van der Waals surface area contributed by atoms with E-state index >= 15 is 0 Å². The number of nitrogens with zero attached hydrogens (tertiary/aromatic N) is 2. The number of nitro benzene ring substituents is 1. The van der Waals surface area contributed by atoms with Crippen LogP contribution in [0.2, 0.25) is 0 Å². The zero-order valence-corrected chi connectivity index (χ0v) is 21.1. The molecule has 0 saturated carbocycles. The van der Waals surface area contributed by atoms with Gasteiger partial charge in [-0.2, -0.15) is 0 Å². The number of halogens is 1. The van der Waals surface area contributed by atoms with Gasteiger partial charge < -0.3 is 9.47 Å². The Hall–Kier alpha value is -3.96. The summed E-state index contributed by atoms with van der Waals surface area (Å²) in [4.78, 5) is 49.7. The van der Waals surface area contributed by atoms with E-state index in [1.807, 2.05) is 0 Å². The molecule has 0 N–H and O–H groups in total. The summed E-state index contributed by atoms with van der Waals surface area (Å²) < 4.78 is 11.3. The largest absolute Gasteiger partial charge is 0.497 e. The standard InChI is InChI=1S/C25H17BrN2O7S/c1-34-20-9-4-16(5-10-20)24(30)35-21-11-6-18(26)12-17(21)13-22-23(29)27(25(31)36-22)14-15-2-7-19(8-3-15)28(32)33/h2-13H,14H2,1H3/b22-13-. The van der Waals surface area contributed by atoms with Gasteiger partial charge in [0.25, 0.3) is 16.8 Å². The van der Waals surface area contributed by atoms with Gasteiger partial charge in [-0.1, -0.05) is 28.1 Å². The van der Waals surface area contributed by atoms with Crippen molar-refractivity contribution in [2.45, 2.75) is 6.54 Å². The van der Waals surface area contributed by atoms with Crippen LogP contribution in [0.1, 0.15) is 21.5 Å². The maximum Gasteiger partial charge on any atom is 0.343 e. The molecule has 9 nitrogen and oxygen atoms in total. The third kappa shape index (κ3) is 5.64. The Morgan fingerprint density at radius 2 is 1.78 bits per heavy atom. The van der Waals surface area contributed by atoms with Crippen molar-refractivity contribution in [3.8, 4) is 11.5 Å². The number of rotatable bonds is 7. The van der Waals surface area contributed by atoms with Gasteiger partial charge in [0, 0.05) is 22.2 Å². The second kappa shape index (κ2) is 10.8. The summed E-state index contributed by atoms with van der Waals surface area (Å²) in [7, 11) is 1.52. The molecule has 1 aliphatic rings. The molecule has 36 heavy (non-hydrogen) atoms. The highest BCUT2D eigenvalue weighted by Gasteiger charge is 2.35. The number of ether oxygens (including phenoxy) is 2. The number of carbonyl (C=O) groups excluding carboxylic acids is 3. The Bertz CT molecular complexity index is 1390. The molecule has 3 aromatic carbocycles. The van der Waals surface area contributed by atoms with Gasteiger partial charge >= 0.3 is 5.97 Å². The van der Waals surface area contributed by atoms with Crippen LogP contribution in [0, 0.1) is 10.1 Å². The first kappa shape index (κ1) is 25.1. The van der Waals surface area contributed by atoms with E-state index in [0.29, 0.717) is 26.9 Å². The van der Waals surface area contributed by atoms with Crippen molar-refractivity contribution in [2.75, 3.05) is 7.11 Å². The summed E-state index contributed by atoms with van der Waals surface area (Å²) in [6.45, 7) is -0.0300. The molecule has 11 heteroatoms. The van der Waals surface area contributed by atoms with Crippen LogP contribution in [-0.4, -0.2) is 34.0 Å². The summed E-state index contributed by atoms with van der Waals surface area (Å²) in [5.74, 6) is -0.307. The number of amides is 2. The van der Waals surface area contributed by atoms with E-state index in [-0.39, 0.29) is 22.9 Å². The van der Waals surface area contributed by atoms with E-state index in [1.165, 1.54) is 37.5 Å². The monoisotopic (exact) mass is 568 g/mol. The number of benzene rings is 3. The predicted octanol–water partition coefficient (Wildman–Crippen LogP) is 5.82. The lowest BCUT2D eigenvalue weighted by molar-refractivity contribution is -0.384. The van der Waals surface area contributed by atoms with Gasteiger partial charge in [-0.15, -0.1) is 0 Å². The molecule has 3 aromatic rings. The molecule has 0 aromatic heterocycles. The van der Waals surface area contributed by atoms with Crippen LogP contribution < -0.4 is 9.47 Å². The number of carbonyl (C=O) groups is 3. The maximum atomic E-state index is 13.0. The quantitative estimate of drug-likeness (QED) is 0.115. The van der Waals surface area contributed by atoms with Gasteiger partial charge in [0.1, 0.15) is 11.5 Å². The average Bonchev–Trinajstić information content (AvgIpc) is 3.13. The van der Waals surface area contributed by atoms with Crippen LogP contribution >= 0.6 is 27.7 Å². The minimum absolute atomic E-state index is 0.0300. The van der Waals surface area contributed by atoms with Crippen molar-refractivity contribution in [3.05, 3.63) is 103 Å². The Morgan fingerprint density at radius 3 is 2.42 bits per heavy atom. The van der Waals surface area contributed by atoms with Gasteiger partial charge in [-0.25, -0.2) is 4.79 Å². The Kier molecular flexibility index (Phi) is 7.51. The number of nitro groups is 1. The Labute approximate surface area is 218 Å². The highest BCUT2D eigenvalue weighted by atomic mass is 79.9. The molecule has 0 aliphatic carbocycles. The first-order valence-electron chi connectivity index (χ1n) is 10.4. The molecule has 182 valence electrons. The summed E-state index contributed by atoms with van der Waals surface area (Å²) in [6.07, 6.45) is 1.49. The minimum Gasteiger partial charge on any atom is -0.497 e. The van der Waals surface area contributed by atoms with Crippen LogP contribution in [0.4, 0.5) is 10.5 Å². The zero-order valence-electron chi connectivity index (χ0n) is 18.7. The van der Waals surface area contributed by atoms with E-state index in [4.69, 9.17) is 9.47 Å². The van der Waals surface area contributed by atoms with Gasteiger partial charge in [-0.3, -0.25) is 24.6 Å². The molecule has 0 atom stereocenters. The lowest BCUT2D eigenvalue weighted by Crippen LogP contribution is -2.27. The van der Waals surface area contributed by atoms with Crippen LogP contribution in [0.5, 0.6) is 11.5 Å². The van der Waals surface area contributed by atoms with Crippen molar-refractivity contribution in [2.24, 2.45) is 0 Å². The highest BCUT2D eigenvalue weighted by molar-refractivity contribution is 9.10. The second-order valence-corrected chi connectivity index (χ2v) is 9.40. The average molecular weight is 569 g/mol. The van der Waals surface area contributed by atoms with E-state index in [1.54, 1.807) is 42.5 Å². The van der Waals surface area contributed by atoms with E-state index in [0.717, 1.165) is 16.7 Å². The number of hydrogen-bond acceptors (Lipinski definition) is 8. The van der Waals surface area contributed by atoms with Gasteiger partial charge in [0.05, 0.1) is 29.0 Å². The molecule has 0 unspecified atom stereocenters. The van der Waals surface area contributed by atoms with Crippen molar-refractivity contribution in [1.82, 2.24) is 4.90 Å². The zero-order chi connectivity index (χ0) is 25.8. The molecule has 1 heterocycles. The number of non-ortho nitro benzene ring substituents is 1. The van der Waals surface area contributed by atoms with Crippen LogP contribution in [0.3, 0.4) is 0 Å². The molecule has 1 fully saturated rings. The number of thioether (sulfide) groups is 1. The predicted molar refractivity (Wildman–Crippen MR) is 137 cm³/mol. The topological polar surface area (TPSA) is 116 Å². The number of hydrogen-bond donors (Lipinski definition) is 0. The molecule has 0 bridgehead atoms. The molecule has 1 aliphatic heterocycles. The van der Waals surface area contributed by atoms with Crippen molar-refractivity contribution >= 4 is 56.6 Å². The van der Waals surface area contributed by atoms with Crippen molar-refractivity contribution in [3.63, 3.8) is 0 Å². The van der Waals surface area contributed by atoms with E-state index in [9.17, 15) is 24.5 Å². The van der Waals surface area contributed by atoms with Crippen LogP contribution in [0.25, 0.3) is 6.08 Å². The first-order chi connectivity index (χ1) is 17.2. The van der Waals surface area contributed by atoms with E-state index < -0.39 is 22.0 Å². The lowest BCUT2D eigenvalue weighted by Gasteiger charge is -2.12. The summed E-state index contributed by atoms with van der Waals surface area (Å²) in [5, 5.41) is 10.4. The summed E-state index contributed by atoms with van der Waals surface area (Å²) in [6, 6.07) is 17.0. The summed E-state index contributed by atoms with van der Waals surface area (Å²) >= 11 is 4.13. The SMILES string of the molecule is COc1ccc(C(=O)Oc2ccc(Br)cc2/C=C2\SC(=O)N(Cc3ccc([N+](=O)[O-])cc3)C2=O)cc1. The number of imide groups is 1. The molecule has 4 rings (SSSR count). The van der Waals surface area contributed by atoms with Gasteiger partial charge in [0.15, 0.2) is 0 Å². The molecule has 0 radical (unpaired) electrons.